The van der Waals surface area contributed by atoms with Crippen LogP contribution >= 0.6 is 0 Å². The van der Waals surface area contributed by atoms with Crippen molar-refractivity contribution in [2.75, 3.05) is 58.8 Å². The van der Waals surface area contributed by atoms with Gasteiger partial charge in [0.05, 0.1) is 35.4 Å². The molecule has 2 aromatic carbocycles. The Hall–Kier alpha value is -4.79. The molecule has 71 heavy (non-hydrogen) atoms. The van der Waals surface area contributed by atoms with E-state index in [1.165, 1.54) is 92.7 Å². The average molecular weight is 964 g/mol. The van der Waals surface area contributed by atoms with Gasteiger partial charge in [0, 0.05) is 86.4 Å². The zero-order valence-corrected chi connectivity index (χ0v) is 46.3. The van der Waals surface area contributed by atoms with Crippen LogP contribution in [0.3, 0.4) is 0 Å². The number of aryl methyl sites for hydroxylation is 2. The molecule has 1 saturated heterocycles. The van der Waals surface area contributed by atoms with Crippen molar-refractivity contribution >= 4 is 16.6 Å². The van der Waals surface area contributed by atoms with Crippen molar-refractivity contribution in [2.45, 2.75) is 157 Å². The van der Waals surface area contributed by atoms with Crippen molar-refractivity contribution in [3.05, 3.63) is 121 Å². The molecule has 3 unspecified atom stereocenters. The maximum absolute atomic E-state index is 6.13. The standard InChI is InChI=1S/C63H94N8/c1-16-19-26-63(11,12)39-57-55-37-51(24-25-59(55)71(18-3)62(57)56-38-54(41-65-60(56)44(7)17-2)70-29-27-67(13)28-30-70)52-32-43(6)31-48(33-52)36-58(47(10)68(14)53-34-49(35-53)40-64)66-45(8)61(42(4)5)69(15)46(9)50-22-20-21-23-50/h16,24-25,31-33,37-38,41-42,44,49-50,53,58,61,66H,1,8-10,17-23,26-30,34-36,39-40,64H2,2-7,11-15H3. The van der Waals surface area contributed by atoms with Crippen molar-refractivity contribution in [1.29, 1.82) is 0 Å². The van der Waals surface area contributed by atoms with Gasteiger partial charge in [-0.1, -0.05) is 110 Å². The average Bonchev–Trinajstić information content (AvgIpc) is 3.98. The van der Waals surface area contributed by atoms with Gasteiger partial charge in [-0.25, -0.2) is 0 Å². The van der Waals surface area contributed by atoms with Crippen molar-refractivity contribution in [1.82, 2.24) is 29.6 Å². The van der Waals surface area contributed by atoms with Crippen LogP contribution in [0.1, 0.15) is 135 Å². The minimum atomic E-state index is -0.0450. The first kappa shape index (κ1) is 54.0. The maximum atomic E-state index is 6.13. The molecule has 1 aliphatic heterocycles. The van der Waals surface area contributed by atoms with Gasteiger partial charge in [-0.05, 0) is 155 Å². The third kappa shape index (κ3) is 12.2. The van der Waals surface area contributed by atoms with E-state index >= 15 is 0 Å². The molecule has 3 aliphatic rings. The molecule has 3 N–H and O–H groups in total. The van der Waals surface area contributed by atoms with Gasteiger partial charge in [0.25, 0.3) is 0 Å². The molecule has 4 aromatic rings. The fourth-order valence-corrected chi connectivity index (χ4v) is 12.4. The number of allylic oxidation sites excluding steroid dienone is 2. The lowest BCUT2D eigenvalue weighted by Gasteiger charge is -2.45. The Morgan fingerprint density at radius 1 is 0.958 bits per heavy atom. The van der Waals surface area contributed by atoms with E-state index in [0.29, 0.717) is 29.7 Å². The number of hydrogen-bond acceptors (Lipinski definition) is 7. The molecule has 0 spiro atoms. The number of nitrogens with one attached hydrogen (secondary N) is 1. The summed E-state index contributed by atoms with van der Waals surface area (Å²) in [6.07, 6.45) is 16.4. The van der Waals surface area contributed by atoms with Gasteiger partial charge in [-0.3, -0.25) is 4.98 Å². The number of anilines is 1. The molecular formula is C63H94N8. The highest BCUT2D eigenvalue weighted by molar-refractivity contribution is 5.95. The van der Waals surface area contributed by atoms with Gasteiger partial charge in [0.2, 0.25) is 0 Å². The van der Waals surface area contributed by atoms with E-state index in [4.69, 9.17) is 23.9 Å². The van der Waals surface area contributed by atoms with Crippen molar-refractivity contribution in [3.8, 4) is 22.4 Å². The first-order valence-corrected chi connectivity index (χ1v) is 27.7. The quantitative estimate of drug-likeness (QED) is 0.0678. The molecule has 3 heterocycles. The Balaban J connectivity index is 1.30. The minimum Gasteiger partial charge on any atom is -0.379 e. The fourth-order valence-electron chi connectivity index (χ4n) is 12.4. The van der Waals surface area contributed by atoms with Crippen LogP contribution in [0.2, 0.25) is 0 Å². The number of piperazine rings is 1. The highest BCUT2D eigenvalue weighted by atomic mass is 15.3. The topological polar surface area (TPSA) is 68.8 Å². The highest BCUT2D eigenvalue weighted by Gasteiger charge is 2.35. The number of nitrogens with two attached hydrogens (primary N) is 1. The summed E-state index contributed by atoms with van der Waals surface area (Å²) in [4.78, 5) is 15.2. The smallest absolute Gasteiger partial charge is 0.0699 e. The van der Waals surface area contributed by atoms with E-state index in [0.717, 1.165) is 95.6 Å². The number of aromatic nitrogens is 2. The van der Waals surface area contributed by atoms with Crippen LogP contribution in [0.15, 0.2) is 98.1 Å². The molecule has 0 bridgehead atoms. The van der Waals surface area contributed by atoms with Crippen LogP contribution in [0.5, 0.6) is 0 Å². The SMILES string of the molecule is C=CCCC(C)(C)Cc1c(-c2cc(N3CCN(C)CC3)cnc2C(C)CC)n(CC)c2ccc(-c3cc(C)cc(CC(NC(=C)C(C(C)C)N(C)C(=C)C4CCCC4)C(=C)N(C)C4CC(CN)C4)c3)cc12. The number of hydrogen-bond donors (Lipinski definition) is 2. The first-order valence-electron chi connectivity index (χ1n) is 27.7. The van der Waals surface area contributed by atoms with E-state index in [-0.39, 0.29) is 17.5 Å². The van der Waals surface area contributed by atoms with Crippen molar-refractivity contribution < 1.29 is 0 Å². The van der Waals surface area contributed by atoms with E-state index in [1.807, 2.05) is 0 Å². The minimum absolute atomic E-state index is 0.0450. The number of nitrogens with zero attached hydrogens (tertiary/aromatic N) is 6. The number of benzene rings is 2. The Morgan fingerprint density at radius 2 is 1.66 bits per heavy atom. The third-order valence-corrected chi connectivity index (χ3v) is 17.2. The summed E-state index contributed by atoms with van der Waals surface area (Å²) in [5, 5.41) is 5.39. The highest BCUT2D eigenvalue weighted by Crippen LogP contribution is 2.44. The van der Waals surface area contributed by atoms with Crippen LogP contribution < -0.4 is 16.0 Å². The fraction of sp³-hybridized carbons (Fsp3) is 0.571. The molecule has 8 heteroatoms. The number of pyridine rings is 1. The lowest BCUT2D eigenvalue weighted by atomic mass is 9.79. The molecule has 2 aromatic heterocycles. The molecule has 2 saturated carbocycles. The Labute approximate surface area is 431 Å². The predicted octanol–water partition coefficient (Wildman–Crippen LogP) is 13.4. The molecule has 3 fully saturated rings. The van der Waals surface area contributed by atoms with Gasteiger partial charge in [0.15, 0.2) is 0 Å². The van der Waals surface area contributed by atoms with Crippen LogP contribution in [-0.4, -0.2) is 96.2 Å². The van der Waals surface area contributed by atoms with E-state index < -0.39 is 0 Å². The first-order chi connectivity index (χ1) is 33.9. The van der Waals surface area contributed by atoms with Gasteiger partial charge < -0.3 is 35.2 Å². The van der Waals surface area contributed by atoms with E-state index in [9.17, 15) is 0 Å². The lowest BCUT2D eigenvalue weighted by molar-refractivity contribution is 0.126. The predicted molar refractivity (Wildman–Crippen MR) is 306 cm³/mol. The molecule has 0 amide bonds. The summed E-state index contributed by atoms with van der Waals surface area (Å²) < 4.78 is 2.60. The second-order valence-electron chi connectivity index (χ2n) is 23.4. The third-order valence-electron chi connectivity index (χ3n) is 17.2. The largest absolute Gasteiger partial charge is 0.379 e. The Bertz CT molecular complexity index is 2490. The summed E-state index contributed by atoms with van der Waals surface area (Å²) in [6.45, 7) is 42.9. The lowest BCUT2D eigenvalue weighted by Crippen LogP contribution is -2.50. The van der Waals surface area contributed by atoms with Crippen LogP contribution in [0, 0.1) is 30.1 Å². The van der Waals surface area contributed by atoms with Crippen LogP contribution in [-0.2, 0) is 19.4 Å². The van der Waals surface area contributed by atoms with Crippen molar-refractivity contribution in [3.63, 3.8) is 0 Å². The maximum Gasteiger partial charge on any atom is 0.0699 e. The number of fused-ring (bicyclic) bond motifs is 1. The molecule has 8 nitrogen and oxygen atoms in total. The van der Waals surface area contributed by atoms with E-state index in [2.05, 4.69) is 174 Å². The normalized spacial score (nSPS) is 19.1. The summed E-state index contributed by atoms with van der Waals surface area (Å²) >= 11 is 0. The second kappa shape index (κ2) is 23.4. The summed E-state index contributed by atoms with van der Waals surface area (Å²) in [5.41, 5.74) is 22.4. The second-order valence-corrected chi connectivity index (χ2v) is 23.4. The van der Waals surface area contributed by atoms with Gasteiger partial charge in [0.1, 0.15) is 0 Å². The van der Waals surface area contributed by atoms with Crippen LogP contribution in [0.4, 0.5) is 5.69 Å². The zero-order chi connectivity index (χ0) is 51.3. The summed E-state index contributed by atoms with van der Waals surface area (Å²) in [7, 11) is 6.70. The van der Waals surface area contributed by atoms with Crippen LogP contribution in [0.25, 0.3) is 33.3 Å². The number of likely N-dealkylation sites (N-methyl/N-ethyl adjacent to an activating group) is 3. The Kier molecular flexibility index (Phi) is 17.8. The summed E-state index contributed by atoms with van der Waals surface area (Å²) in [5.74, 6) is 1.81. The summed E-state index contributed by atoms with van der Waals surface area (Å²) in [6, 6.07) is 17.5. The van der Waals surface area contributed by atoms with E-state index in [1.54, 1.807) is 0 Å². The monoisotopic (exact) mass is 963 g/mol. The molecular weight excluding hydrogens is 869 g/mol. The van der Waals surface area contributed by atoms with Gasteiger partial charge >= 0.3 is 0 Å². The molecule has 0 radical (unpaired) electrons. The molecule has 386 valence electrons. The molecule has 2 aliphatic carbocycles. The molecule has 7 rings (SSSR count). The van der Waals surface area contributed by atoms with Crippen molar-refractivity contribution in [2.24, 2.45) is 28.9 Å². The zero-order valence-electron chi connectivity index (χ0n) is 46.3. The van der Waals surface area contributed by atoms with Gasteiger partial charge in [-0.15, -0.1) is 6.58 Å². The molecule has 3 atom stereocenters. The van der Waals surface area contributed by atoms with Gasteiger partial charge in [-0.2, -0.15) is 0 Å². The Morgan fingerprint density at radius 3 is 2.30 bits per heavy atom. The number of rotatable bonds is 24.